The maximum Gasteiger partial charge on any atom is 0.188 e. The Morgan fingerprint density at radius 2 is 1.14 bits per heavy atom. The summed E-state index contributed by atoms with van der Waals surface area (Å²) in [4.78, 5) is 0. The molecular weight excluding hydrogens is 547 g/mol. The summed E-state index contributed by atoms with van der Waals surface area (Å²) < 4.78 is 36.1. The van der Waals surface area contributed by atoms with Crippen LogP contribution in [0.25, 0.3) is 0 Å². The molecule has 228 valence electrons. The van der Waals surface area contributed by atoms with Crippen molar-refractivity contribution in [3.63, 3.8) is 0 Å². The van der Waals surface area contributed by atoms with Crippen molar-refractivity contribution >= 4 is 23.8 Å². The van der Waals surface area contributed by atoms with Gasteiger partial charge in [0.2, 0.25) is 0 Å². The van der Waals surface area contributed by atoms with Gasteiger partial charge in [0.25, 0.3) is 0 Å². The van der Waals surface area contributed by atoms with Gasteiger partial charge in [-0.3, -0.25) is 0 Å². The van der Waals surface area contributed by atoms with Gasteiger partial charge in [-0.05, 0) is 61.2 Å². The lowest BCUT2D eigenvalue weighted by Crippen LogP contribution is -2.31. The van der Waals surface area contributed by atoms with E-state index < -0.39 is 14.2 Å². The highest BCUT2D eigenvalue weighted by Crippen LogP contribution is 2.47. The third kappa shape index (κ3) is 7.18. The summed E-state index contributed by atoms with van der Waals surface area (Å²) >= 11 is 0. The molecule has 3 aromatic carbocycles. The fourth-order valence-electron chi connectivity index (χ4n) is 5.31. The largest absolute Gasteiger partial charge is 0.467 e. The molecule has 1 aliphatic rings. The summed E-state index contributed by atoms with van der Waals surface area (Å²) in [7, 11) is 2.08. The molecule has 0 spiro atoms. The Hall–Kier alpha value is -2.47. The van der Waals surface area contributed by atoms with E-state index >= 15 is 0 Å². The van der Waals surface area contributed by atoms with Crippen molar-refractivity contribution in [2.24, 2.45) is 0 Å². The molecule has 0 radical (unpaired) electrons. The van der Waals surface area contributed by atoms with Crippen molar-refractivity contribution in [2.45, 2.75) is 72.5 Å². The topological polar surface area (TPSA) is 55.4 Å². The molecule has 42 heavy (non-hydrogen) atoms. The Balaban J connectivity index is 2.16. The van der Waals surface area contributed by atoms with Crippen LogP contribution in [0.3, 0.4) is 0 Å². The third-order valence-electron chi connectivity index (χ3n) is 7.22. The standard InChI is InChI=1S/C35H47O6P/c1-23-17-26(34(3,4)5)31(40-21-36-9)29(19-23)42(28-14-12-11-13-25(28)33-38-15-16-39-33)30-20-24(2)18-27(35(6,7)8)32(30)41-22-37-10/h11-14,17-20,33H,15-16,21-22H2,1-10H3. The molecule has 4 rings (SSSR count). The average molecular weight is 595 g/mol. The predicted molar refractivity (Wildman–Crippen MR) is 172 cm³/mol. The van der Waals surface area contributed by atoms with E-state index in [0.29, 0.717) is 13.2 Å². The van der Waals surface area contributed by atoms with E-state index in [1.54, 1.807) is 14.2 Å². The molecule has 0 atom stereocenters. The molecular formula is C35H47O6P. The molecule has 1 aliphatic heterocycles. The molecule has 0 bridgehead atoms. The maximum absolute atomic E-state index is 6.50. The first kappa shape index (κ1) is 32.4. The Kier molecular flexibility index (Phi) is 10.4. The zero-order valence-electron chi connectivity index (χ0n) is 26.9. The van der Waals surface area contributed by atoms with E-state index in [0.717, 1.165) is 44.1 Å². The number of benzene rings is 3. The van der Waals surface area contributed by atoms with Gasteiger partial charge in [0.15, 0.2) is 19.9 Å². The first-order chi connectivity index (χ1) is 19.9. The Labute approximate surface area is 253 Å². The normalized spacial score (nSPS) is 14.5. The lowest BCUT2D eigenvalue weighted by molar-refractivity contribution is -0.0433. The minimum atomic E-state index is -1.24. The van der Waals surface area contributed by atoms with Crippen LogP contribution in [0.15, 0.2) is 48.5 Å². The molecule has 1 fully saturated rings. The SMILES string of the molecule is COCOc1c(P(c2ccccc2C2OCCO2)c2cc(C)cc(C(C)(C)C)c2OCOC)cc(C)cc1C(C)(C)C. The van der Waals surface area contributed by atoms with E-state index in [9.17, 15) is 0 Å². The zero-order chi connectivity index (χ0) is 30.7. The van der Waals surface area contributed by atoms with Crippen LogP contribution in [-0.4, -0.2) is 41.0 Å². The fourth-order valence-corrected chi connectivity index (χ4v) is 8.20. The van der Waals surface area contributed by atoms with Crippen molar-refractivity contribution in [3.05, 3.63) is 76.3 Å². The van der Waals surface area contributed by atoms with E-state index in [1.165, 1.54) is 11.1 Å². The second kappa shape index (κ2) is 13.4. The van der Waals surface area contributed by atoms with E-state index in [4.69, 9.17) is 28.4 Å². The van der Waals surface area contributed by atoms with E-state index in [2.05, 4.69) is 104 Å². The van der Waals surface area contributed by atoms with Gasteiger partial charge in [-0.15, -0.1) is 0 Å². The number of rotatable bonds is 10. The molecule has 0 saturated carbocycles. The molecule has 0 aliphatic carbocycles. The number of hydrogen-bond acceptors (Lipinski definition) is 6. The van der Waals surface area contributed by atoms with Crippen molar-refractivity contribution in [2.75, 3.05) is 41.0 Å². The Morgan fingerprint density at radius 1 is 0.690 bits per heavy atom. The smallest absolute Gasteiger partial charge is 0.188 e. The lowest BCUT2D eigenvalue weighted by Gasteiger charge is -2.33. The number of aryl methyl sites for hydroxylation is 2. The van der Waals surface area contributed by atoms with Gasteiger partial charge < -0.3 is 28.4 Å². The molecule has 6 nitrogen and oxygen atoms in total. The minimum absolute atomic E-state index is 0.146. The Bertz CT molecular complexity index is 1290. The number of ether oxygens (including phenoxy) is 6. The number of methoxy groups -OCH3 is 2. The van der Waals surface area contributed by atoms with Gasteiger partial charge in [-0.1, -0.05) is 77.9 Å². The monoisotopic (exact) mass is 594 g/mol. The summed E-state index contributed by atoms with van der Waals surface area (Å²) in [5.74, 6) is 1.70. The first-order valence-electron chi connectivity index (χ1n) is 14.5. The summed E-state index contributed by atoms with van der Waals surface area (Å²) in [5, 5.41) is 3.34. The molecule has 1 heterocycles. The van der Waals surface area contributed by atoms with Crippen molar-refractivity contribution in [1.29, 1.82) is 0 Å². The molecule has 0 amide bonds. The molecule has 3 aromatic rings. The summed E-state index contributed by atoms with van der Waals surface area (Å²) in [6.45, 7) is 19.1. The molecule has 7 heteroatoms. The summed E-state index contributed by atoms with van der Waals surface area (Å²) in [5.41, 5.74) is 5.30. The van der Waals surface area contributed by atoms with Crippen LogP contribution in [0.5, 0.6) is 11.5 Å². The van der Waals surface area contributed by atoms with Gasteiger partial charge in [0.1, 0.15) is 11.5 Å². The highest BCUT2D eigenvalue weighted by Gasteiger charge is 2.35. The van der Waals surface area contributed by atoms with Gasteiger partial charge in [-0.25, -0.2) is 0 Å². The third-order valence-corrected chi connectivity index (χ3v) is 9.74. The van der Waals surface area contributed by atoms with Crippen LogP contribution in [0, 0.1) is 13.8 Å². The molecule has 0 aromatic heterocycles. The van der Waals surface area contributed by atoms with Crippen LogP contribution >= 0.6 is 7.92 Å². The maximum atomic E-state index is 6.50. The van der Waals surface area contributed by atoms with Crippen molar-refractivity contribution < 1.29 is 28.4 Å². The van der Waals surface area contributed by atoms with E-state index in [1.807, 2.05) is 0 Å². The second-order valence-electron chi connectivity index (χ2n) is 12.9. The van der Waals surface area contributed by atoms with Crippen LogP contribution in [0.2, 0.25) is 0 Å². The van der Waals surface area contributed by atoms with Crippen molar-refractivity contribution in [3.8, 4) is 11.5 Å². The summed E-state index contributed by atoms with van der Waals surface area (Å²) in [6.07, 6.45) is -0.434. The lowest BCUT2D eigenvalue weighted by atomic mass is 9.85. The Morgan fingerprint density at radius 3 is 1.57 bits per heavy atom. The fraction of sp³-hybridized carbons (Fsp3) is 0.486. The predicted octanol–water partition coefficient (Wildman–Crippen LogP) is 6.67. The molecule has 0 unspecified atom stereocenters. The molecule has 0 N–H and O–H groups in total. The highest BCUT2D eigenvalue weighted by atomic mass is 31.1. The van der Waals surface area contributed by atoms with Crippen molar-refractivity contribution in [1.82, 2.24) is 0 Å². The average Bonchev–Trinajstić information content (AvgIpc) is 3.46. The highest BCUT2D eigenvalue weighted by molar-refractivity contribution is 7.80. The van der Waals surface area contributed by atoms with Gasteiger partial charge in [0.05, 0.1) is 13.2 Å². The second-order valence-corrected chi connectivity index (χ2v) is 15.0. The molecule has 1 saturated heterocycles. The van der Waals surface area contributed by atoms with Gasteiger partial charge in [-0.2, -0.15) is 0 Å². The number of hydrogen-bond donors (Lipinski definition) is 0. The van der Waals surface area contributed by atoms with Crippen LogP contribution in [0.4, 0.5) is 0 Å². The van der Waals surface area contributed by atoms with Crippen LogP contribution in [-0.2, 0) is 29.8 Å². The van der Waals surface area contributed by atoms with E-state index in [-0.39, 0.29) is 24.4 Å². The zero-order valence-corrected chi connectivity index (χ0v) is 27.8. The van der Waals surface area contributed by atoms with Crippen LogP contribution < -0.4 is 25.4 Å². The van der Waals surface area contributed by atoms with Gasteiger partial charge >= 0.3 is 0 Å². The minimum Gasteiger partial charge on any atom is -0.467 e. The first-order valence-corrected chi connectivity index (χ1v) is 15.9. The van der Waals surface area contributed by atoms with Gasteiger partial charge in [0, 0.05) is 41.5 Å². The quantitative estimate of drug-likeness (QED) is 0.193. The summed E-state index contributed by atoms with van der Waals surface area (Å²) in [6, 6.07) is 17.5. The van der Waals surface area contributed by atoms with Crippen LogP contribution in [0.1, 0.15) is 75.6 Å².